The van der Waals surface area contributed by atoms with E-state index in [0.717, 1.165) is 23.1 Å². The fourth-order valence-electron chi connectivity index (χ4n) is 4.87. The Kier molecular flexibility index (Phi) is 4.19. The van der Waals surface area contributed by atoms with Gasteiger partial charge in [0.05, 0.1) is 18.7 Å². The first-order valence-corrected chi connectivity index (χ1v) is 9.21. The maximum absolute atomic E-state index is 5.42. The van der Waals surface area contributed by atoms with E-state index in [1.807, 2.05) is 18.3 Å². The first-order chi connectivity index (χ1) is 11.7. The van der Waals surface area contributed by atoms with E-state index in [2.05, 4.69) is 34.7 Å². The molecule has 0 radical (unpaired) electrons. The smallest absolute Gasteiger partial charge is 0.126 e. The van der Waals surface area contributed by atoms with E-state index in [4.69, 9.17) is 4.74 Å². The molecule has 1 aromatic carbocycles. The lowest BCUT2D eigenvalue weighted by Crippen LogP contribution is -2.67. The number of nitrogens with zero attached hydrogens (tertiary/aromatic N) is 2. The third-order valence-corrected chi connectivity index (χ3v) is 6.31. The van der Waals surface area contributed by atoms with Crippen LogP contribution in [0, 0.1) is 11.8 Å². The molecule has 1 unspecified atom stereocenters. The normalized spacial score (nSPS) is 30.5. The molecule has 3 N–H and O–H groups in total. The molecule has 5 atom stereocenters. The van der Waals surface area contributed by atoms with Crippen molar-refractivity contribution < 1.29 is 10.5 Å². The van der Waals surface area contributed by atoms with Crippen LogP contribution in [-0.2, 0) is 0 Å². The molecule has 3 saturated heterocycles. The van der Waals surface area contributed by atoms with E-state index < -0.39 is 0 Å². The Hall–Kier alpha value is -1.65. The molecule has 24 heavy (non-hydrogen) atoms. The first-order valence-electron chi connectivity index (χ1n) is 9.21. The molecule has 4 nitrogen and oxygen atoms in total. The Morgan fingerprint density at radius 1 is 1.38 bits per heavy atom. The highest BCUT2D eigenvalue weighted by Gasteiger charge is 2.43. The fourth-order valence-corrected chi connectivity index (χ4v) is 4.87. The SMILES string of the molecule is CC[C@H]1CN2CC[C@H]1C[C@@H]2[C@@H]([NH3+])c1ccnc2ccc(OC)cc12. The number of ether oxygens (including phenoxy) is 1. The van der Waals surface area contributed by atoms with Crippen molar-refractivity contribution in [2.24, 2.45) is 11.8 Å². The van der Waals surface area contributed by atoms with E-state index in [-0.39, 0.29) is 6.04 Å². The van der Waals surface area contributed by atoms with E-state index in [1.54, 1.807) is 7.11 Å². The van der Waals surface area contributed by atoms with Gasteiger partial charge in [-0.25, -0.2) is 0 Å². The molecule has 128 valence electrons. The molecule has 3 fully saturated rings. The maximum atomic E-state index is 5.42. The van der Waals surface area contributed by atoms with Gasteiger partial charge in [0, 0.05) is 23.7 Å². The number of fused-ring (bicyclic) bond motifs is 4. The molecule has 5 rings (SSSR count). The van der Waals surface area contributed by atoms with Crippen LogP contribution in [0.15, 0.2) is 30.5 Å². The lowest BCUT2D eigenvalue weighted by molar-refractivity contribution is -0.442. The lowest BCUT2D eigenvalue weighted by Gasteiger charge is -2.50. The number of methoxy groups -OCH3 is 1. The molecule has 4 heterocycles. The topological polar surface area (TPSA) is 53.0 Å². The molecule has 0 saturated carbocycles. The quantitative estimate of drug-likeness (QED) is 0.940. The second-order valence-electron chi connectivity index (χ2n) is 7.40. The monoisotopic (exact) mass is 326 g/mol. The third-order valence-electron chi connectivity index (χ3n) is 6.31. The Morgan fingerprint density at radius 3 is 2.96 bits per heavy atom. The van der Waals surface area contributed by atoms with Gasteiger partial charge in [-0.3, -0.25) is 9.88 Å². The predicted octanol–water partition coefficient (Wildman–Crippen LogP) is 2.65. The van der Waals surface area contributed by atoms with Crippen LogP contribution in [0.5, 0.6) is 5.75 Å². The van der Waals surface area contributed by atoms with Crippen molar-refractivity contribution in [1.82, 2.24) is 9.88 Å². The molecule has 3 aliphatic heterocycles. The van der Waals surface area contributed by atoms with Crippen molar-refractivity contribution in [1.29, 1.82) is 0 Å². The van der Waals surface area contributed by atoms with Gasteiger partial charge in [-0.15, -0.1) is 0 Å². The summed E-state index contributed by atoms with van der Waals surface area (Å²) in [6.07, 6.45) is 5.89. The Labute approximate surface area is 144 Å². The molecule has 3 aliphatic rings. The van der Waals surface area contributed by atoms with Gasteiger partial charge in [0.25, 0.3) is 0 Å². The lowest BCUT2D eigenvalue weighted by atomic mass is 9.72. The number of aromatic nitrogens is 1. The van der Waals surface area contributed by atoms with E-state index >= 15 is 0 Å². The van der Waals surface area contributed by atoms with Crippen molar-refractivity contribution in [2.75, 3.05) is 20.2 Å². The highest BCUT2D eigenvalue weighted by atomic mass is 16.5. The average molecular weight is 326 g/mol. The minimum atomic E-state index is 0.281. The van der Waals surface area contributed by atoms with Crippen molar-refractivity contribution in [3.8, 4) is 5.75 Å². The molecule has 2 aromatic rings. The van der Waals surface area contributed by atoms with E-state index in [9.17, 15) is 0 Å². The van der Waals surface area contributed by atoms with Crippen molar-refractivity contribution in [2.45, 2.75) is 38.3 Å². The van der Waals surface area contributed by atoms with Crippen LogP contribution in [0.25, 0.3) is 10.9 Å². The summed E-state index contributed by atoms with van der Waals surface area (Å²) in [6.45, 7) is 4.83. The van der Waals surface area contributed by atoms with Gasteiger partial charge in [-0.1, -0.05) is 13.3 Å². The van der Waals surface area contributed by atoms with E-state index in [1.165, 1.54) is 43.3 Å². The number of pyridine rings is 1. The Balaban J connectivity index is 1.68. The first kappa shape index (κ1) is 15.9. The van der Waals surface area contributed by atoms with Crippen LogP contribution in [-0.4, -0.2) is 36.1 Å². The van der Waals surface area contributed by atoms with Crippen LogP contribution in [0.1, 0.15) is 37.8 Å². The van der Waals surface area contributed by atoms with Gasteiger partial charge in [0.2, 0.25) is 0 Å². The number of piperidine rings is 3. The molecule has 0 spiro atoms. The summed E-state index contributed by atoms with van der Waals surface area (Å²) in [6, 6.07) is 9.13. The molecule has 2 bridgehead atoms. The summed E-state index contributed by atoms with van der Waals surface area (Å²) in [4.78, 5) is 7.21. The minimum absolute atomic E-state index is 0.281. The summed E-state index contributed by atoms with van der Waals surface area (Å²) in [5.41, 5.74) is 6.94. The third kappa shape index (κ3) is 2.58. The van der Waals surface area contributed by atoms with Crippen molar-refractivity contribution in [3.05, 3.63) is 36.0 Å². The number of hydrogen-bond acceptors (Lipinski definition) is 3. The van der Waals surface area contributed by atoms with Gasteiger partial charge in [-0.2, -0.15) is 0 Å². The zero-order valence-corrected chi connectivity index (χ0v) is 14.7. The number of hydrogen-bond donors (Lipinski definition) is 1. The van der Waals surface area contributed by atoms with Crippen molar-refractivity contribution in [3.63, 3.8) is 0 Å². The second-order valence-corrected chi connectivity index (χ2v) is 7.40. The molecular weight excluding hydrogens is 298 g/mol. The molecule has 0 aliphatic carbocycles. The van der Waals surface area contributed by atoms with Crippen LogP contribution in [0.3, 0.4) is 0 Å². The van der Waals surface area contributed by atoms with Crippen LogP contribution in [0.2, 0.25) is 0 Å². The molecule has 4 heteroatoms. The maximum Gasteiger partial charge on any atom is 0.126 e. The highest BCUT2D eigenvalue weighted by Crippen LogP contribution is 2.41. The van der Waals surface area contributed by atoms with Gasteiger partial charge in [-0.05, 0) is 55.5 Å². The average Bonchev–Trinajstić information content (AvgIpc) is 2.66. The van der Waals surface area contributed by atoms with Gasteiger partial charge >= 0.3 is 0 Å². The number of benzene rings is 1. The fraction of sp³-hybridized carbons (Fsp3) is 0.550. The Morgan fingerprint density at radius 2 is 2.25 bits per heavy atom. The second kappa shape index (κ2) is 6.34. The minimum Gasteiger partial charge on any atom is -0.497 e. The van der Waals surface area contributed by atoms with Gasteiger partial charge in [0.15, 0.2) is 0 Å². The zero-order chi connectivity index (χ0) is 16.7. The van der Waals surface area contributed by atoms with Crippen LogP contribution in [0.4, 0.5) is 0 Å². The summed E-state index contributed by atoms with van der Waals surface area (Å²) in [7, 11) is 1.72. The summed E-state index contributed by atoms with van der Waals surface area (Å²) in [5.74, 6) is 2.66. The van der Waals surface area contributed by atoms with Gasteiger partial charge < -0.3 is 10.5 Å². The highest BCUT2D eigenvalue weighted by molar-refractivity contribution is 5.83. The van der Waals surface area contributed by atoms with Gasteiger partial charge in [0.1, 0.15) is 11.8 Å². The van der Waals surface area contributed by atoms with Crippen molar-refractivity contribution >= 4 is 10.9 Å². The standard InChI is InChI=1S/C20H27N3O/c1-3-13-12-23-9-7-14(13)10-19(23)20(21)16-6-8-22-18-5-4-15(24-2)11-17(16)18/h4-6,8,11,13-14,19-20H,3,7,9-10,12,21H2,1-2H3/p+1/t13-,14-,19+,20-/m0/s1. The molecule has 0 amide bonds. The zero-order valence-electron chi connectivity index (χ0n) is 14.7. The number of quaternary nitrogens is 1. The van der Waals surface area contributed by atoms with E-state index in [0.29, 0.717) is 6.04 Å². The summed E-state index contributed by atoms with van der Waals surface area (Å²) in [5, 5.41) is 1.19. The Bertz CT molecular complexity index is 732. The predicted molar refractivity (Wildman–Crippen MR) is 95.8 cm³/mol. The number of rotatable bonds is 4. The molecular formula is C20H28N3O+. The molecule has 1 aromatic heterocycles. The summed E-state index contributed by atoms with van der Waals surface area (Å²) >= 11 is 0. The summed E-state index contributed by atoms with van der Waals surface area (Å²) < 4.78 is 5.42. The van der Waals surface area contributed by atoms with Crippen LogP contribution >= 0.6 is 0 Å². The largest absolute Gasteiger partial charge is 0.497 e. The van der Waals surface area contributed by atoms with Crippen LogP contribution < -0.4 is 10.5 Å².